The Kier molecular flexibility index (Phi) is 4.80. The van der Waals surface area contributed by atoms with E-state index in [0.717, 1.165) is 5.69 Å². The molecule has 1 unspecified atom stereocenters. The lowest BCUT2D eigenvalue weighted by atomic mass is 9.76. The summed E-state index contributed by atoms with van der Waals surface area (Å²) in [5, 5.41) is 11.8. The lowest BCUT2D eigenvalue weighted by Gasteiger charge is -2.31. The highest BCUT2D eigenvalue weighted by Gasteiger charge is 2.48. The molecule has 7 nitrogen and oxygen atoms in total. The number of anilines is 1. The number of carbonyl (C=O) groups is 1. The Bertz CT molecular complexity index is 852. The van der Waals surface area contributed by atoms with E-state index in [1.165, 1.54) is 6.07 Å². The molecule has 1 aromatic carbocycles. The maximum absolute atomic E-state index is 12.6. The van der Waals surface area contributed by atoms with Crippen LogP contribution in [-0.2, 0) is 9.53 Å². The zero-order chi connectivity index (χ0) is 18.9. The summed E-state index contributed by atoms with van der Waals surface area (Å²) in [7, 11) is 0. The molecule has 138 valence electrons. The number of aromatic nitrogens is 1. The Hall–Kier alpha value is -2.70. The minimum absolute atomic E-state index is 0.0385. The number of nitro groups is 1. The predicted molar refractivity (Wildman–Crippen MR) is 99.1 cm³/mol. The molecule has 1 saturated heterocycles. The Morgan fingerprint density at radius 3 is 2.85 bits per heavy atom. The number of nitro benzene ring substituents is 1. The fraction of sp³-hybridized carbons (Fsp3) is 0.474. The van der Waals surface area contributed by atoms with E-state index in [2.05, 4.69) is 9.88 Å². The summed E-state index contributed by atoms with van der Waals surface area (Å²) < 4.78 is 5.34. The van der Waals surface area contributed by atoms with Crippen LogP contribution in [0.5, 0.6) is 0 Å². The van der Waals surface area contributed by atoms with E-state index in [1.807, 2.05) is 20.8 Å². The van der Waals surface area contributed by atoms with Crippen LogP contribution in [0.1, 0.15) is 27.2 Å². The molecule has 1 aliphatic heterocycles. The molecule has 0 bridgehead atoms. The van der Waals surface area contributed by atoms with Crippen molar-refractivity contribution < 1.29 is 14.5 Å². The number of ether oxygens (including phenoxy) is 1. The van der Waals surface area contributed by atoms with Crippen LogP contribution in [0.3, 0.4) is 0 Å². The van der Waals surface area contributed by atoms with E-state index in [9.17, 15) is 14.9 Å². The van der Waals surface area contributed by atoms with E-state index < -0.39 is 10.3 Å². The van der Waals surface area contributed by atoms with Gasteiger partial charge in [0.15, 0.2) is 0 Å². The van der Waals surface area contributed by atoms with Crippen LogP contribution in [0, 0.1) is 21.4 Å². The summed E-state index contributed by atoms with van der Waals surface area (Å²) in [5.74, 6) is -0.0412. The lowest BCUT2D eigenvalue weighted by molar-refractivity contribution is -0.383. The molecule has 2 aromatic rings. The van der Waals surface area contributed by atoms with Crippen molar-refractivity contribution in [2.75, 3.05) is 24.6 Å². The van der Waals surface area contributed by atoms with Gasteiger partial charge in [-0.25, -0.2) is 0 Å². The van der Waals surface area contributed by atoms with E-state index >= 15 is 0 Å². The normalized spacial score (nSPS) is 19.9. The van der Waals surface area contributed by atoms with E-state index in [-0.39, 0.29) is 17.6 Å². The third-order valence-electron chi connectivity index (χ3n) is 5.35. The molecule has 0 saturated carbocycles. The second-order valence-corrected chi connectivity index (χ2v) is 6.96. The molecule has 7 heteroatoms. The minimum Gasteiger partial charge on any atom is -0.466 e. The Labute approximate surface area is 152 Å². The van der Waals surface area contributed by atoms with Crippen molar-refractivity contribution in [3.8, 4) is 0 Å². The number of rotatable bonds is 5. The molecule has 0 radical (unpaired) electrons. The van der Waals surface area contributed by atoms with Crippen LogP contribution in [-0.4, -0.2) is 35.6 Å². The Balaban J connectivity index is 2.02. The van der Waals surface area contributed by atoms with Gasteiger partial charge in [0.2, 0.25) is 0 Å². The molecule has 1 aliphatic rings. The fourth-order valence-electron chi connectivity index (χ4n) is 3.74. The molecule has 1 atom stereocenters. The average Bonchev–Trinajstić information content (AvgIpc) is 3.07. The number of fused-ring (bicyclic) bond motifs is 1. The van der Waals surface area contributed by atoms with Crippen molar-refractivity contribution in [3.63, 3.8) is 0 Å². The number of esters is 1. The average molecular weight is 357 g/mol. The summed E-state index contributed by atoms with van der Waals surface area (Å²) in [6, 6.07) is 6.65. The number of hydrogen-bond donors (Lipinski definition) is 0. The zero-order valence-electron chi connectivity index (χ0n) is 15.3. The molecule has 0 N–H and O–H groups in total. The number of benzene rings is 1. The standard InChI is InChI=1S/C19H23N3O4/c1-4-26-18(23)19(13(2)3)9-11-21(12-19)16-8-7-15(22(24)25)14-6-5-10-20-17(14)16/h5-8,10,13H,4,9,11-12H2,1-3H3. The Morgan fingerprint density at radius 2 is 2.19 bits per heavy atom. The number of hydrogen-bond acceptors (Lipinski definition) is 6. The van der Waals surface area contributed by atoms with E-state index in [1.54, 1.807) is 24.4 Å². The fourth-order valence-corrected chi connectivity index (χ4v) is 3.74. The Morgan fingerprint density at radius 1 is 1.42 bits per heavy atom. The summed E-state index contributed by atoms with van der Waals surface area (Å²) in [4.78, 5) is 30.0. The molecule has 0 aliphatic carbocycles. The van der Waals surface area contributed by atoms with Crippen LogP contribution >= 0.6 is 0 Å². The van der Waals surface area contributed by atoms with Gasteiger partial charge in [0.1, 0.15) is 5.52 Å². The van der Waals surface area contributed by atoms with Gasteiger partial charge in [0, 0.05) is 25.4 Å². The van der Waals surface area contributed by atoms with Crippen LogP contribution in [0.2, 0.25) is 0 Å². The molecule has 26 heavy (non-hydrogen) atoms. The smallest absolute Gasteiger partial charge is 0.314 e. The van der Waals surface area contributed by atoms with E-state index in [0.29, 0.717) is 37.0 Å². The quantitative estimate of drug-likeness (QED) is 0.462. The first-order valence-electron chi connectivity index (χ1n) is 8.85. The first-order valence-corrected chi connectivity index (χ1v) is 8.85. The molecule has 0 amide bonds. The molecule has 1 fully saturated rings. The van der Waals surface area contributed by atoms with Gasteiger partial charge in [0.05, 0.1) is 28.0 Å². The van der Waals surface area contributed by atoms with Crippen LogP contribution in [0.15, 0.2) is 30.5 Å². The van der Waals surface area contributed by atoms with Gasteiger partial charge in [-0.05, 0) is 37.5 Å². The van der Waals surface area contributed by atoms with Crippen molar-refractivity contribution in [2.45, 2.75) is 27.2 Å². The molecular formula is C19H23N3O4. The minimum atomic E-state index is -0.571. The van der Waals surface area contributed by atoms with Gasteiger partial charge in [-0.2, -0.15) is 0 Å². The van der Waals surface area contributed by atoms with Crippen LogP contribution < -0.4 is 4.90 Å². The molecule has 2 heterocycles. The third-order valence-corrected chi connectivity index (χ3v) is 5.35. The lowest BCUT2D eigenvalue weighted by Crippen LogP contribution is -2.40. The topological polar surface area (TPSA) is 85.6 Å². The van der Waals surface area contributed by atoms with Crippen LogP contribution in [0.25, 0.3) is 10.9 Å². The van der Waals surface area contributed by atoms with Crippen molar-refractivity contribution in [3.05, 3.63) is 40.6 Å². The predicted octanol–water partition coefficient (Wildman–Crippen LogP) is 3.56. The maximum Gasteiger partial charge on any atom is 0.314 e. The second kappa shape index (κ2) is 6.90. The maximum atomic E-state index is 12.6. The van der Waals surface area contributed by atoms with Crippen molar-refractivity contribution in [2.24, 2.45) is 11.3 Å². The van der Waals surface area contributed by atoms with Gasteiger partial charge in [-0.15, -0.1) is 0 Å². The van der Waals surface area contributed by atoms with Gasteiger partial charge >= 0.3 is 5.97 Å². The highest BCUT2D eigenvalue weighted by Crippen LogP contribution is 2.43. The monoisotopic (exact) mass is 357 g/mol. The first kappa shape index (κ1) is 18.1. The van der Waals surface area contributed by atoms with Gasteiger partial charge in [0.25, 0.3) is 5.69 Å². The highest BCUT2D eigenvalue weighted by molar-refractivity contribution is 5.97. The molecule has 3 rings (SSSR count). The number of pyridine rings is 1. The highest BCUT2D eigenvalue weighted by atomic mass is 16.6. The summed E-state index contributed by atoms with van der Waals surface area (Å²) >= 11 is 0. The first-order chi connectivity index (χ1) is 12.4. The van der Waals surface area contributed by atoms with E-state index in [4.69, 9.17) is 4.74 Å². The van der Waals surface area contributed by atoms with Gasteiger partial charge in [-0.3, -0.25) is 19.9 Å². The summed E-state index contributed by atoms with van der Waals surface area (Å²) in [6.45, 7) is 7.44. The van der Waals surface area contributed by atoms with Crippen molar-refractivity contribution in [1.82, 2.24) is 4.98 Å². The number of nitrogens with zero attached hydrogens (tertiary/aromatic N) is 3. The number of carbonyl (C=O) groups excluding carboxylic acids is 1. The third kappa shape index (κ3) is 2.87. The molecule has 1 aromatic heterocycles. The summed E-state index contributed by atoms with van der Waals surface area (Å²) in [5.41, 5.74) is 0.874. The van der Waals surface area contributed by atoms with Crippen LogP contribution in [0.4, 0.5) is 11.4 Å². The van der Waals surface area contributed by atoms with Gasteiger partial charge in [-0.1, -0.05) is 13.8 Å². The molecule has 0 spiro atoms. The molecular weight excluding hydrogens is 334 g/mol. The van der Waals surface area contributed by atoms with Crippen molar-refractivity contribution >= 4 is 28.2 Å². The second-order valence-electron chi connectivity index (χ2n) is 6.96. The number of non-ortho nitro benzene ring substituents is 1. The zero-order valence-corrected chi connectivity index (χ0v) is 15.3. The van der Waals surface area contributed by atoms with Crippen molar-refractivity contribution in [1.29, 1.82) is 0 Å². The largest absolute Gasteiger partial charge is 0.466 e. The van der Waals surface area contributed by atoms with Gasteiger partial charge < -0.3 is 9.64 Å². The SMILES string of the molecule is CCOC(=O)C1(C(C)C)CCN(c2ccc([N+](=O)[O-])c3cccnc23)C1. The summed E-state index contributed by atoms with van der Waals surface area (Å²) in [6.07, 6.45) is 2.32.